The van der Waals surface area contributed by atoms with E-state index < -0.39 is 0 Å². The molecule has 2 atom stereocenters. The van der Waals surface area contributed by atoms with E-state index in [4.69, 9.17) is 23.2 Å². The van der Waals surface area contributed by atoms with E-state index >= 15 is 0 Å². The molecular weight excluding hydrogens is 293 g/mol. The molecule has 104 valence electrons. The van der Waals surface area contributed by atoms with Crippen molar-refractivity contribution in [2.45, 2.75) is 12.8 Å². The summed E-state index contributed by atoms with van der Waals surface area (Å²) < 4.78 is -0.386. The van der Waals surface area contributed by atoms with E-state index in [9.17, 15) is 5.21 Å². The van der Waals surface area contributed by atoms with Crippen LogP contribution >= 0.6 is 23.2 Å². The van der Waals surface area contributed by atoms with Gasteiger partial charge in [-0.1, -0.05) is 35.3 Å². The maximum Gasteiger partial charge on any atom is 0.138 e. The molecule has 3 rings (SSSR count). The van der Waals surface area contributed by atoms with E-state index in [0.29, 0.717) is 16.6 Å². The summed E-state index contributed by atoms with van der Waals surface area (Å²) >= 11 is 12.1. The number of hydrogen-bond acceptors (Lipinski definition) is 1. The van der Waals surface area contributed by atoms with Crippen LogP contribution in [0, 0.1) is 12.1 Å². The maximum absolute atomic E-state index is 12.7. The van der Waals surface area contributed by atoms with Crippen molar-refractivity contribution in [3.63, 3.8) is 0 Å². The van der Waals surface area contributed by atoms with E-state index in [1.54, 1.807) is 7.05 Å². The highest BCUT2D eigenvalue weighted by Gasteiger charge is 2.37. The molecule has 4 heteroatoms. The van der Waals surface area contributed by atoms with E-state index in [1.807, 2.05) is 43.3 Å². The highest BCUT2D eigenvalue weighted by molar-refractivity contribution is 6.31. The number of quaternary nitrogens is 1. The smallest absolute Gasteiger partial charge is 0.138 e. The van der Waals surface area contributed by atoms with Gasteiger partial charge in [-0.25, -0.2) is 0 Å². The zero-order chi connectivity index (χ0) is 14.5. The number of aryl methyl sites for hydroxylation is 1. The van der Waals surface area contributed by atoms with Crippen LogP contribution in [-0.2, 0) is 0 Å². The molecule has 1 aliphatic heterocycles. The average Bonchev–Trinajstić information content (AvgIpc) is 2.64. The van der Waals surface area contributed by atoms with Crippen molar-refractivity contribution in [3.05, 3.63) is 68.3 Å². The molecule has 2 aromatic rings. The van der Waals surface area contributed by atoms with E-state index in [-0.39, 0.29) is 10.6 Å². The fourth-order valence-electron chi connectivity index (χ4n) is 2.91. The molecule has 0 aliphatic carbocycles. The van der Waals surface area contributed by atoms with Gasteiger partial charge in [-0.05, 0) is 36.2 Å². The summed E-state index contributed by atoms with van der Waals surface area (Å²) in [5, 5.41) is 14.1. The van der Waals surface area contributed by atoms with Gasteiger partial charge in [0.15, 0.2) is 0 Å². The quantitative estimate of drug-likeness (QED) is 0.544. The molecule has 0 saturated carbocycles. The van der Waals surface area contributed by atoms with Gasteiger partial charge < -0.3 is 9.85 Å². The Balaban J connectivity index is 2.14. The second-order valence-electron chi connectivity index (χ2n) is 5.55. The lowest BCUT2D eigenvalue weighted by Gasteiger charge is -2.34. The molecular formula is C16H15Cl2NO. The van der Waals surface area contributed by atoms with Gasteiger partial charge in [-0.3, -0.25) is 0 Å². The maximum atomic E-state index is 12.7. The molecule has 20 heavy (non-hydrogen) atoms. The average molecular weight is 308 g/mol. The summed E-state index contributed by atoms with van der Waals surface area (Å²) in [6.07, 6.45) is 0. The third-order valence-electron chi connectivity index (χ3n) is 4.00. The molecule has 0 spiro atoms. The Hall–Kier alpha value is -1.06. The van der Waals surface area contributed by atoms with Crippen LogP contribution in [0.4, 0.5) is 5.69 Å². The zero-order valence-electron chi connectivity index (χ0n) is 11.4. The van der Waals surface area contributed by atoms with Crippen molar-refractivity contribution in [2.75, 3.05) is 13.6 Å². The fourth-order valence-corrected chi connectivity index (χ4v) is 3.19. The van der Waals surface area contributed by atoms with Gasteiger partial charge in [0.2, 0.25) is 0 Å². The highest BCUT2D eigenvalue weighted by atomic mass is 35.5. The first kappa shape index (κ1) is 13.9. The Kier molecular flexibility index (Phi) is 3.30. The number of hydroxylamine groups is 2. The summed E-state index contributed by atoms with van der Waals surface area (Å²) in [6.45, 7) is 2.46. The molecule has 0 N–H and O–H groups in total. The normalized spacial score (nSPS) is 24.8. The number of rotatable bonds is 1. The van der Waals surface area contributed by atoms with Crippen LogP contribution in [0.5, 0.6) is 0 Å². The molecule has 1 heterocycles. The molecule has 0 saturated heterocycles. The number of fused-ring (bicyclic) bond motifs is 1. The highest BCUT2D eigenvalue weighted by Crippen LogP contribution is 2.45. The van der Waals surface area contributed by atoms with E-state index in [0.717, 1.165) is 22.4 Å². The number of halogens is 2. The van der Waals surface area contributed by atoms with Crippen LogP contribution in [0.2, 0.25) is 10.0 Å². The molecule has 0 fully saturated rings. The number of benzene rings is 2. The second-order valence-corrected chi connectivity index (χ2v) is 6.39. The molecule has 1 aliphatic rings. The second kappa shape index (κ2) is 4.74. The predicted molar refractivity (Wildman–Crippen MR) is 85.4 cm³/mol. The summed E-state index contributed by atoms with van der Waals surface area (Å²) in [5.41, 5.74) is 3.97. The van der Waals surface area contributed by atoms with Crippen molar-refractivity contribution < 1.29 is 0 Å². The Morgan fingerprint density at radius 3 is 2.45 bits per heavy atom. The standard InChI is InChI=1S/C16H15Cl2NO/c1-10-7-13-14(11-3-5-12(17)6-4-11)9-19(2,20)16(13)8-15(10)18/h3-8,14H,9H2,1-2H3. The minimum atomic E-state index is -0.386. The summed E-state index contributed by atoms with van der Waals surface area (Å²) in [7, 11) is 1.68. The summed E-state index contributed by atoms with van der Waals surface area (Å²) in [6, 6.07) is 11.6. The predicted octanol–water partition coefficient (Wildman–Crippen LogP) is 4.88. The Morgan fingerprint density at radius 2 is 1.80 bits per heavy atom. The molecule has 0 radical (unpaired) electrons. The largest absolute Gasteiger partial charge is 0.627 e. The molecule has 2 nitrogen and oxygen atoms in total. The molecule has 0 bridgehead atoms. The SMILES string of the molecule is Cc1cc2c(cc1Cl)[N+](C)([O-])CC2c1ccc(Cl)cc1. The minimum absolute atomic E-state index is 0.0979. The lowest BCUT2D eigenvalue weighted by atomic mass is 9.92. The Morgan fingerprint density at radius 1 is 1.15 bits per heavy atom. The van der Waals surface area contributed by atoms with Crippen LogP contribution in [0.15, 0.2) is 36.4 Å². The molecule has 2 unspecified atom stereocenters. The summed E-state index contributed by atoms with van der Waals surface area (Å²) in [4.78, 5) is 0. The van der Waals surface area contributed by atoms with Crippen LogP contribution in [-0.4, -0.2) is 13.6 Å². The first-order chi connectivity index (χ1) is 9.38. The van der Waals surface area contributed by atoms with Crippen LogP contribution in [0.1, 0.15) is 22.6 Å². The third kappa shape index (κ3) is 2.23. The Labute approximate surface area is 128 Å². The number of likely N-dealkylation sites (N-methyl/N-ethyl adjacent to an activating group) is 1. The van der Waals surface area contributed by atoms with E-state index in [1.165, 1.54) is 0 Å². The van der Waals surface area contributed by atoms with E-state index in [2.05, 4.69) is 0 Å². The number of hydrogen-bond donors (Lipinski definition) is 0. The van der Waals surface area contributed by atoms with Crippen molar-refractivity contribution in [1.82, 2.24) is 4.65 Å². The van der Waals surface area contributed by atoms with Crippen molar-refractivity contribution in [2.24, 2.45) is 0 Å². The lowest BCUT2D eigenvalue weighted by molar-refractivity contribution is 0.465. The van der Waals surface area contributed by atoms with Crippen LogP contribution < -0.4 is 4.65 Å². The van der Waals surface area contributed by atoms with Gasteiger partial charge in [0.25, 0.3) is 0 Å². The number of nitrogens with zero attached hydrogens (tertiary/aromatic N) is 1. The van der Waals surface area contributed by atoms with Crippen LogP contribution in [0.3, 0.4) is 0 Å². The van der Waals surface area contributed by atoms with Gasteiger partial charge in [-0.15, -0.1) is 0 Å². The monoisotopic (exact) mass is 307 g/mol. The lowest BCUT2D eigenvalue weighted by Crippen LogP contribution is -2.36. The van der Waals surface area contributed by atoms with Crippen molar-refractivity contribution in [3.8, 4) is 0 Å². The van der Waals surface area contributed by atoms with Crippen molar-refractivity contribution >= 4 is 28.9 Å². The van der Waals surface area contributed by atoms with Gasteiger partial charge >= 0.3 is 0 Å². The summed E-state index contributed by atoms with van der Waals surface area (Å²) in [5.74, 6) is 0.0979. The first-order valence-corrected chi connectivity index (χ1v) is 7.27. The van der Waals surface area contributed by atoms with Gasteiger partial charge in [0, 0.05) is 21.7 Å². The van der Waals surface area contributed by atoms with Gasteiger partial charge in [-0.2, -0.15) is 0 Å². The molecule has 0 amide bonds. The third-order valence-corrected chi connectivity index (χ3v) is 4.66. The van der Waals surface area contributed by atoms with Crippen molar-refractivity contribution in [1.29, 1.82) is 0 Å². The Bertz CT molecular complexity index is 665. The zero-order valence-corrected chi connectivity index (χ0v) is 12.9. The minimum Gasteiger partial charge on any atom is -0.627 e. The fraction of sp³-hybridized carbons (Fsp3) is 0.250. The molecule has 2 aromatic carbocycles. The molecule has 0 aromatic heterocycles. The first-order valence-electron chi connectivity index (χ1n) is 6.51. The van der Waals surface area contributed by atoms with Gasteiger partial charge in [0.1, 0.15) is 5.69 Å². The van der Waals surface area contributed by atoms with Gasteiger partial charge in [0.05, 0.1) is 19.5 Å². The van der Waals surface area contributed by atoms with Crippen LogP contribution in [0.25, 0.3) is 0 Å². The topological polar surface area (TPSA) is 23.1 Å².